The van der Waals surface area contributed by atoms with Gasteiger partial charge in [-0.25, -0.2) is 0 Å². The monoisotopic (exact) mass is 831 g/mol. The lowest BCUT2D eigenvalue weighted by molar-refractivity contribution is -0.193. The van der Waals surface area contributed by atoms with Crippen molar-refractivity contribution in [3.05, 3.63) is 0 Å². The van der Waals surface area contributed by atoms with E-state index in [1.54, 1.807) is 0 Å². The van der Waals surface area contributed by atoms with E-state index in [0.717, 1.165) is 0 Å². The fraction of sp³-hybridized carbons (Fsp3) is 0.915. The first kappa shape index (κ1) is 47.8. The Bertz CT molecular complexity index is 1550. The summed E-state index contributed by atoms with van der Waals surface area (Å²) in [7, 11) is 4.17. The molecule has 0 bridgehead atoms. The highest BCUT2D eigenvalue weighted by Crippen LogP contribution is 2.45. The Kier molecular flexibility index (Phi) is 12.8. The zero-order valence-electron chi connectivity index (χ0n) is 40.1. The highest BCUT2D eigenvalue weighted by Gasteiger charge is 2.57. The van der Waals surface area contributed by atoms with Crippen molar-refractivity contribution >= 4 is 23.9 Å². The first-order chi connectivity index (χ1) is 26.5. The van der Waals surface area contributed by atoms with Crippen molar-refractivity contribution in [1.82, 2.24) is 20.4 Å². The van der Waals surface area contributed by atoms with E-state index in [-0.39, 0.29) is 56.7 Å². The zero-order valence-corrected chi connectivity index (χ0v) is 40.1. The Morgan fingerprint density at radius 3 is 0.864 bits per heavy atom. The molecule has 12 nitrogen and oxygen atoms in total. The average molecular weight is 831 g/mol. The van der Waals surface area contributed by atoms with E-state index >= 15 is 0 Å². The third-order valence-corrected chi connectivity index (χ3v) is 14.9. The lowest BCUT2D eigenvalue weighted by Crippen LogP contribution is -2.60. The van der Waals surface area contributed by atoms with Gasteiger partial charge in [-0.1, -0.05) is 0 Å². The Morgan fingerprint density at radius 2 is 0.610 bits per heavy atom. The van der Waals surface area contributed by atoms with E-state index in [4.69, 9.17) is 18.9 Å². The van der Waals surface area contributed by atoms with Crippen LogP contribution in [0.4, 0.5) is 0 Å². The summed E-state index contributed by atoms with van der Waals surface area (Å²) in [4.78, 5) is 62.3. The van der Waals surface area contributed by atoms with Crippen LogP contribution in [-0.2, 0) is 38.1 Å². The molecule has 1 aliphatic carbocycles. The maximum absolute atomic E-state index is 14.5. The quantitative estimate of drug-likeness (QED) is 0.194. The van der Waals surface area contributed by atoms with Crippen LogP contribution in [0.15, 0.2) is 0 Å². The number of carbonyl (C=O) groups excluding carboxylic acids is 4. The molecule has 5 aliphatic rings. The molecule has 1 saturated carbocycles. The maximum atomic E-state index is 14.5. The van der Waals surface area contributed by atoms with Crippen molar-refractivity contribution in [3.8, 4) is 0 Å². The molecular formula is C47H82N4O8. The summed E-state index contributed by atoms with van der Waals surface area (Å²) in [5.74, 6) is -3.37. The molecule has 4 saturated heterocycles. The fourth-order valence-electron chi connectivity index (χ4n) is 12.4. The molecule has 59 heavy (non-hydrogen) atoms. The van der Waals surface area contributed by atoms with Crippen molar-refractivity contribution in [3.63, 3.8) is 0 Å². The number of hydrogen-bond acceptors (Lipinski definition) is 12. The number of rotatable bonds is 8. The van der Waals surface area contributed by atoms with Gasteiger partial charge in [-0.2, -0.15) is 0 Å². The number of nitrogens with one attached hydrogen (secondary N) is 2. The van der Waals surface area contributed by atoms with Crippen molar-refractivity contribution in [2.24, 2.45) is 23.7 Å². The van der Waals surface area contributed by atoms with Gasteiger partial charge in [0, 0.05) is 50.7 Å². The molecule has 0 radical (unpaired) electrons. The van der Waals surface area contributed by atoms with Gasteiger partial charge >= 0.3 is 23.9 Å². The highest BCUT2D eigenvalue weighted by atomic mass is 16.6. The Hall–Kier alpha value is -2.28. The van der Waals surface area contributed by atoms with Gasteiger partial charge in [0.1, 0.15) is 12.2 Å². The van der Waals surface area contributed by atoms with Crippen LogP contribution in [0, 0.1) is 23.7 Å². The van der Waals surface area contributed by atoms with Crippen LogP contribution in [0.2, 0.25) is 0 Å². The Labute approximate surface area is 356 Å². The van der Waals surface area contributed by atoms with Crippen molar-refractivity contribution in [2.45, 2.75) is 237 Å². The molecule has 2 N–H and O–H groups in total. The standard InChI is InChI=1S/C47H82N4O8/c1-40(2)20-28(21-41(3,4)48-40)36(52)56-32-19-33(57-37(53)30-24-44(9,10)50(17)45(11,12)25-30)34(58-38(54)29-22-42(5,6)49-43(7,8)23-29)35(32)59-39(55)31-26-46(13,14)51(18)47(15,16)27-31/h28-35,48-49H,19-27H2,1-18H3. The lowest BCUT2D eigenvalue weighted by Gasteiger charge is -2.53. The van der Waals surface area contributed by atoms with Gasteiger partial charge in [0.15, 0.2) is 12.2 Å². The van der Waals surface area contributed by atoms with Crippen LogP contribution < -0.4 is 10.6 Å². The van der Waals surface area contributed by atoms with Crippen LogP contribution in [0.1, 0.15) is 169 Å². The van der Waals surface area contributed by atoms with Crippen LogP contribution in [0.25, 0.3) is 0 Å². The largest absolute Gasteiger partial charge is 0.458 e. The van der Waals surface area contributed by atoms with Gasteiger partial charge in [0.25, 0.3) is 0 Å². The SMILES string of the molecule is CN1C(C)(C)CC(C(=O)OC2CC(OC(=O)C3CC(C)(C)NC(C)(C)C3)C(OC(=O)C3CC(C)(C)N(C)C(C)(C)C3)C2OC(=O)C2CC(C)(C)NC(C)(C)C2)CC1(C)C. The second-order valence-corrected chi connectivity index (χ2v) is 24.6. The van der Waals surface area contributed by atoms with E-state index in [9.17, 15) is 19.2 Å². The van der Waals surface area contributed by atoms with Crippen LogP contribution in [0.3, 0.4) is 0 Å². The van der Waals surface area contributed by atoms with E-state index in [0.29, 0.717) is 51.4 Å². The highest BCUT2D eigenvalue weighted by molar-refractivity contribution is 5.76. The minimum Gasteiger partial charge on any atom is -0.458 e. The van der Waals surface area contributed by atoms with Gasteiger partial charge in [-0.05, 0) is 176 Å². The summed E-state index contributed by atoms with van der Waals surface area (Å²) in [6.45, 7) is 33.7. The second-order valence-electron chi connectivity index (χ2n) is 24.6. The minimum atomic E-state index is -1.17. The normalized spacial score (nSPS) is 33.1. The van der Waals surface area contributed by atoms with Crippen molar-refractivity contribution < 1.29 is 38.1 Å². The molecule has 5 rings (SSSR count). The third-order valence-electron chi connectivity index (χ3n) is 14.9. The predicted molar refractivity (Wildman–Crippen MR) is 229 cm³/mol. The first-order valence-corrected chi connectivity index (χ1v) is 22.4. The summed E-state index contributed by atoms with van der Waals surface area (Å²) >= 11 is 0. The van der Waals surface area contributed by atoms with Crippen LogP contribution in [0.5, 0.6) is 0 Å². The molecule has 5 fully saturated rings. The summed E-state index contributed by atoms with van der Waals surface area (Å²) in [6, 6.07) is 0. The molecular weight excluding hydrogens is 749 g/mol. The molecule has 4 unspecified atom stereocenters. The number of nitrogens with zero attached hydrogens (tertiary/aromatic N) is 2. The zero-order chi connectivity index (χ0) is 44.7. The minimum absolute atomic E-state index is 0.0398. The van der Waals surface area contributed by atoms with Crippen LogP contribution in [-0.4, -0.2) is 116 Å². The van der Waals surface area contributed by atoms with Crippen molar-refractivity contribution in [2.75, 3.05) is 14.1 Å². The number of carbonyl (C=O) groups is 4. The molecule has 4 aliphatic heterocycles. The smallest absolute Gasteiger partial charge is 0.309 e. The molecule has 0 aromatic rings. The number of ether oxygens (including phenoxy) is 4. The number of hydrogen-bond donors (Lipinski definition) is 2. The average Bonchev–Trinajstić information content (AvgIpc) is 3.32. The first-order valence-electron chi connectivity index (χ1n) is 22.4. The predicted octanol–water partition coefficient (Wildman–Crippen LogP) is 6.95. The molecule has 0 aromatic carbocycles. The Balaban J connectivity index is 1.52. The maximum Gasteiger partial charge on any atom is 0.309 e. The second kappa shape index (κ2) is 15.8. The lowest BCUT2D eigenvalue weighted by atomic mass is 9.74. The fourth-order valence-corrected chi connectivity index (χ4v) is 12.4. The van der Waals surface area contributed by atoms with E-state index in [1.165, 1.54) is 0 Å². The van der Waals surface area contributed by atoms with E-state index in [2.05, 4.69) is 145 Å². The third kappa shape index (κ3) is 10.9. The topological polar surface area (TPSA) is 136 Å². The summed E-state index contributed by atoms with van der Waals surface area (Å²) in [6.07, 6.45) is 0.193. The molecule has 0 aromatic heterocycles. The summed E-state index contributed by atoms with van der Waals surface area (Å²) in [5, 5.41) is 7.28. The summed E-state index contributed by atoms with van der Waals surface area (Å²) < 4.78 is 26.0. The van der Waals surface area contributed by atoms with Gasteiger partial charge < -0.3 is 29.6 Å². The molecule has 4 heterocycles. The molecule has 0 amide bonds. The molecule has 12 heteroatoms. The Morgan fingerprint density at radius 1 is 0.390 bits per heavy atom. The molecule has 4 atom stereocenters. The van der Waals surface area contributed by atoms with Gasteiger partial charge in [0.2, 0.25) is 0 Å². The van der Waals surface area contributed by atoms with Crippen LogP contribution >= 0.6 is 0 Å². The van der Waals surface area contributed by atoms with E-state index in [1.807, 2.05) is 0 Å². The summed E-state index contributed by atoms with van der Waals surface area (Å²) in [5.41, 5.74) is -2.45. The van der Waals surface area contributed by atoms with Gasteiger partial charge in [-0.3, -0.25) is 29.0 Å². The van der Waals surface area contributed by atoms with Crippen molar-refractivity contribution in [1.29, 1.82) is 0 Å². The van der Waals surface area contributed by atoms with Gasteiger partial charge in [-0.15, -0.1) is 0 Å². The van der Waals surface area contributed by atoms with Gasteiger partial charge in [0.05, 0.1) is 23.7 Å². The molecule has 0 spiro atoms. The number of likely N-dealkylation sites (tertiary alicyclic amines) is 2. The number of esters is 4. The van der Waals surface area contributed by atoms with E-state index < -0.39 is 66.0 Å². The number of piperidine rings is 4. The molecule has 338 valence electrons.